The zero-order chi connectivity index (χ0) is 11.7. The van der Waals surface area contributed by atoms with Gasteiger partial charge < -0.3 is 26.2 Å². The van der Waals surface area contributed by atoms with E-state index in [2.05, 4.69) is 0 Å². The molecule has 1 aliphatic rings. The molecule has 0 spiro atoms. The highest BCUT2D eigenvalue weighted by Crippen LogP contribution is 2.23. The molecule has 0 heterocycles. The van der Waals surface area contributed by atoms with E-state index < -0.39 is 6.04 Å². The Labute approximate surface area is 90.5 Å². The highest BCUT2D eigenvalue weighted by molar-refractivity contribution is 4.70. The molecule has 1 unspecified atom stereocenters. The molecule has 1 aliphatic carbocycles. The Morgan fingerprint density at radius 1 is 1.13 bits per heavy atom. The van der Waals surface area contributed by atoms with Crippen molar-refractivity contribution in [3.8, 4) is 0 Å². The summed E-state index contributed by atoms with van der Waals surface area (Å²) in [6.07, 6.45) is 3.75. The van der Waals surface area contributed by atoms with Crippen LogP contribution in [0.3, 0.4) is 0 Å². The van der Waals surface area contributed by atoms with Gasteiger partial charge in [0.1, 0.15) is 0 Å². The van der Waals surface area contributed by atoms with E-state index in [1.165, 1.54) is 0 Å². The number of hydrogen-bond donors (Lipinski definition) is 5. The predicted octanol–water partition coefficient (Wildman–Crippen LogP) is -1.17. The third-order valence-electron chi connectivity index (χ3n) is 2.48. The summed E-state index contributed by atoms with van der Waals surface area (Å²) in [4.78, 5) is 0. The van der Waals surface area contributed by atoms with Crippen LogP contribution in [0.15, 0.2) is 0 Å². The molecule has 92 valence electrons. The van der Waals surface area contributed by atoms with Gasteiger partial charge in [0.2, 0.25) is 0 Å². The fourth-order valence-corrected chi connectivity index (χ4v) is 1.49. The SMILES string of the molecule is NC(CO)CO.OCC1CCC[C@@H](O)C1. The molecule has 15 heavy (non-hydrogen) atoms. The lowest BCUT2D eigenvalue weighted by molar-refractivity contribution is 0.0757. The minimum atomic E-state index is -0.454. The highest BCUT2D eigenvalue weighted by Gasteiger charge is 2.18. The Morgan fingerprint density at radius 2 is 1.73 bits per heavy atom. The van der Waals surface area contributed by atoms with Crippen molar-refractivity contribution in [2.45, 2.75) is 37.8 Å². The third-order valence-corrected chi connectivity index (χ3v) is 2.48. The molecule has 0 saturated heterocycles. The number of nitrogens with two attached hydrogens (primary N) is 1. The standard InChI is InChI=1S/C7H14O2.C3H9NO2/c8-5-6-2-1-3-7(9)4-6;4-3(1-5)2-6/h6-9H,1-5H2;3,5-6H,1-2,4H2/t6?,7-;/m1./s1. The lowest BCUT2D eigenvalue weighted by Gasteiger charge is -2.23. The van der Waals surface area contributed by atoms with E-state index in [9.17, 15) is 0 Å². The Kier molecular flexibility index (Phi) is 8.94. The fourth-order valence-electron chi connectivity index (χ4n) is 1.49. The van der Waals surface area contributed by atoms with Gasteiger partial charge in [-0.3, -0.25) is 0 Å². The summed E-state index contributed by atoms with van der Waals surface area (Å²) in [7, 11) is 0. The van der Waals surface area contributed by atoms with E-state index in [1.54, 1.807) is 0 Å². The second-order valence-corrected chi connectivity index (χ2v) is 3.99. The van der Waals surface area contributed by atoms with Crippen molar-refractivity contribution < 1.29 is 20.4 Å². The van der Waals surface area contributed by atoms with Crippen LogP contribution in [0.2, 0.25) is 0 Å². The van der Waals surface area contributed by atoms with Gasteiger partial charge in [-0.2, -0.15) is 0 Å². The van der Waals surface area contributed by atoms with Crippen LogP contribution < -0.4 is 5.73 Å². The maximum absolute atomic E-state index is 9.10. The van der Waals surface area contributed by atoms with Crippen LogP contribution in [-0.4, -0.2) is 52.4 Å². The van der Waals surface area contributed by atoms with Crippen molar-refractivity contribution in [2.75, 3.05) is 19.8 Å². The van der Waals surface area contributed by atoms with Crippen LogP contribution in [0, 0.1) is 5.92 Å². The quantitative estimate of drug-likeness (QED) is 0.413. The van der Waals surface area contributed by atoms with Gasteiger partial charge in [0.25, 0.3) is 0 Å². The first-order valence-electron chi connectivity index (χ1n) is 5.40. The van der Waals surface area contributed by atoms with E-state index in [-0.39, 0.29) is 25.9 Å². The minimum absolute atomic E-state index is 0.142. The largest absolute Gasteiger partial charge is 0.396 e. The van der Waals surface area contributed by atoms with Crippen LogP contribution in [0.25, 0.3) is 0 Å². The average molecular weight is 221 g/mol. The summed E-state index contributed by atoms with van der Waals surface area (Å²) in [6.45, 7) is -0.0376. The number of rotatable bonds is 3. The molecular formula is C10H23NO4. The van der Waals surface area contributed by atoms with E-state index in [1.807, 2.05) is 0 Å². The predicted molar refractivity (Wildman–Crippen MR) is 57.2 cm³/mol. The Bertz CT molecular complexity index is 141. The second kappa shape index (κ2) is 9.06. The van der Waals surface area contributed by atoms with Crippen LogP contribution in [0.5, 0.6) is 0 Å². The molecule has 2 atom stereocenters. The normalized spacial score (nSPS) is 26.0. The van der Waals surface area contributed by atoms with Crippen molar-refractivity contribution in [3.05, 3.63) is 0 Å². The fraction of sp³-hybridized carbons (Fsp3) is 1.00. The van der Waals surface area contributed by atoms with Gasteiger partial charge in [-0.05, 0) is 25.2 Å². The van der Waals surface area contributed by atoms with Crippen LogP contribution >= 0.6 is 0 Å². The lowest BCUT2D eigenvalue weighted by atomic mass is 9.88. The molecule has 0 radical (unpaired) electrons. The van der Waals surface area contributed by atoms with Gasteiger partial charge in [-0.25, -0.2) is 0 Å². The summed E-state index contributed by atoms with van der Waals surface area (Å²) in [5.41, 5.74) is 4.97. The summed E-state index contributed by atoms with van der Waals surface area (Å²) < 4.78 is 0. The first-order chi connectivity index (χ1) is 7.13. The molecule has 0 aliphatic heterocycles. The van der Waals surface area contributed by atoms with Crippen LogP contribution in [0.1, 0.15) is 25.7 Å². The van der Waals surface area contributed by atoms with Crippen molar-refractivity contribution in [1.29, 1.82) is 0 Å². The van der Waals surface area contributed by atoms with Gasteiger partial charge in [0.15, 0.2) is 0 Å². The lowest BCUT2D eigenvalue weighted by Crippen LogP contribution is -2.27. The van der Waals surface area contributed by atoms with Crippen molar-refractivity contribution in [2.24, 2.45) is 11.7 Å². The van der Waals surface area contributed by atoms with Gasteiger partial charge >= 0.3 is 0 Å². The zero-order valence-electron chi connectivity index (χ0n) is 9.05. The molecule has 1 fully saturated rings. The van der Waals surface area contributed by atoms with Gasteiger partial charge in [0.05, 0.1) is 25.4 Å². The van der Waals surface area contributed by atoms with Crippen LogP contribution in [0.4, 0.5) is 0 Å². The van der Waals surface area contributed by atoms with Crippen molar-refractivity contribution >= 4 is 0 Å². The molecule has 1 saturated carbocycles. The molecule has 5 heteroatoms. The zero-order valence-corrected chi connectivity index (χ0v) is 9.05. The topological polar surface area (TPSA) is 107 Å². The monoisotopic (exact) mass is 221 g/mol. The number of aliphatic hydroxyl groups is 4. The van der Waals surface area contributed by atoms with E-state index in [0.29, 0.717) is 5.92 Å². The first-order valence-corrected chi connectivity index (χ1v) is 5.40. The maximum atomic E-state index is 9.10. The summed E-state index contributed by atoms with van der Waals surface area (Å²) in [5.74, 6) is 0.369. The molecule has 0 amide bonds. The van der Waals surface area contributed by atoms with Crippen molar-refractivity contribution in [3.63, 3.8) is 0 Å². The first kappa shape index (κ1) is 14.8. The molecule has 0 bridgehead atoms. The molecule has 5 nitrogen and oxygen atoms in total. The summed E-state index contributed by atoms with van der Waals surface area (Å²) in [6, 6.07) is -0.454. The Balaban J connectivity index is 0.000000288. The second-order valence-electron chi connectivity index (χ2n) is 3.99. The number of aliphatic hydroxyl groups excluding tert-OH is 4. The molecule has 0 aromatic heterocycles. The van der Waals surface area contributed by atoms with Crippen molar-refractivity contribution in [1.82, 2.24) is 0 Å². The average Bonchev–Trinajstić information content (AvgIpc) is 2.28. The van der Waals surface area contributed by atoms with E-state index >= 15 is 0 Å². The summed E-state index contributed by atoms with van der Waals surface area (Å²) >= 11 is 0. The molecular weight excluding hydrogens is 198 g/mol. The molecule has 6 N–H and O–H groups in total. The van der Waals surface area contributed by atoms with Gasteiger partial charge in [0, 0.05) is 6.61 Å². The maximum Gasteiger partial charge on any atom is 0.0605 e. The molecule has 0 aromatic carbocycles. The molecule has 0 aromatic rings. The van der Waals surface area contributed by atoms with Crippen LogP contribution in [-0.2, 0) is 0 Å². The Morgan fingerprint density at radius 3 is 2.00 bits per heavy atom. The minimum Gasteiger partial charge on any atom is -0.396 e. The Hall–Kier alpha value is -0.200. The smallest absolute Gasteiger partial charge is 0.0605 e. The number of hydrogen-bond acceptors (Lipinski definition) is 5. The third kappa shape index (κ3) is 7.70. The van der Waals surface area contributed by atoms with E-state index in [4.69, 9.17) is 26.2 Å². The summed E-state index contributed by atoms with van der Waals surface area (Å²) in [5, 5.41) is 33.9. The van der Waals surface area contributed by atoms with E-state index in [0.717, 1.165) is 25.7 Å². The van der Waals surface area contributed by atoms with Gasteiger partial charge in [-0.15, -0.1) is 0 Å². The highest BCUT2D eigenvalue weighted by atomic mass is 16.3. The molecule has 1 rings (SSSR count). The van der Waals surface area contributed by atoms with Gasteiger partial charge in [-0.1, -0.05) is 6.42 Å².